The van der Waals surface area contributed by atoms with Gasteiger partial charge >= 0.3 is 0 Å². The summed E-state index contributed by atoms with van der Waals surface area (Å²) in [6, 6.07) is 10.3. The minimum atomic E-state index is -0.359. The van der Waals surface area contributed by atoms with Crippen LogP contribution in [0.4, 0.5) is 0 Å². The van der Waals surface area contributed by atoms with Gasteiger partial charge < -0.3 is 9.64 Å². The van der Waals surface area contributed by atoms with Crippen molar-refractivity contribution in [2.75, 3.05) is 0 Å². The molecule has 0 aromatic heterocycles. The average molecular weight is 354 g/mol. The largest absolute Gasteiger partial charge is 0.351 e. The van der Waals surface area contributed by atoms with E-state index in [1.54, 1.807) is 0 Å². The van der Waals surface area contributed by atoms with Crippen LogP contribution >= 0.6 is 0 Å². The number of hydrogen-bond donors (Lipinski definition) is 0. The minimum absolute atomic E-state index is 0.0609. The number of carbonyl (C=O) groups is 1. The number of allylic oxidation sites excluding steroid dienone is 1. The van der Waals surface area contributed by atoms with Gasteiger partial charge in [-0.25, -0.2) is 0 Å². The molecule has 0 N–H and O–H groups in total. The monoisotopic (exact) mass is 353 g/mol. The maximum absolute atomic E-state index is 12.7. The van der Waals surface area contributed by atoms with E-state index in [1.165, 1.54) is 12.5 Å². The molecule has 1 heterocycles. The first-order valence-corrected chi connectivity index (χ1v) is 9.69. The number of benzene rings is 1. The Balaban J connectivity index is 1.97. The van der Waals surface area contributed by atoms with Gasteiger partial charge in [-0.15, -0.1) is 0 Å². The first-order valence-electron chi connectivity index (χ1n) is 9.69. The van der Waals surface area contributed by atoms with Gasteiger partial charge in [0.05, 0.1) is 6.10 Å². The van der Waals surface area contributed by atoms with Crippen LogP contribution in [0.3, 0.4) is 0 Å². The smallest absolute Gasteiger partial charge is 0.248 e. The van der Waals surface area contributed by atoms with Crippen LogP contribution in [0.25, 0.3) is 5.57 Å². The summed E-state index contributed by atoms with van der Waals surface area (Å²) in [6.07, 6.45) is 6.72. The Hall–Kier alpha value is -1.87. The fourth-order valence-electron chi connectivity index (χ4n) is 4.67. The maximum atomic E-state index is 12.7. The zero-order valence-electron chi connectivity index (χ0n) is 16.4. The zero-order valence-corrected chi connectivity index (χ0v) is 16.4. The van der Waals surface area contributed by atoms with Gasteiger partial charge in [-0.05, 0) is 62.8 Å². The number of carbonyl (C=O) groups excluding carboxylic acids is 1. The molecule has 1 aliphatic heterocycles. The molecule has 1 aromatic rings. The molecule has 1 aromatic carbocycles. The Morgan fingerprint density at radius 1 is 1.27 bits per heavy atom. The second-order valence-corrected chi connectivity index (χ2v) is 8.37. The lowest BCUT2D eigenvalue weighted by Gasteiger charge is -2.56. The molecule has 0 radical (unpaired) electrons. The van der Waals surface area contributed by atoms with Crippen molar-refractivity contribution in [1.29, 1.82) is 0 Å². The highest BCUT2D eigenvalue weighted by atomic mass is 16.5. The molecule has 3 heteroatoms. The van der Waals surface area contributed by atoms with E-state index in [1.807, 2.05) is 23.1 Å². The van der Waals surface area contributed by atoms with Crippen molar-refractivity contribution in [2.24, 2.45) is 11.8 Å². The zero-order chi connectivity index (χ0) is 18.9. The average Bonchev–Trinajstić information content (AvgIpc) is 2.61. The van der Waals surface area contributed by atoms with E-state index < -0.39 is 0 Å². The van der Waals surface area contributed by atoms with Gasteiger partial charge in [-0.1, -0.05) is 50.3 Å². The van der Waals surface area contributed by atoms with Crippen molar-refractivity contribution < 1.29 is 9.53 Å². The molecule has 1 saturated carbocycles. The predicted octanol–water partition coefficient (Wildman–Crippen LogP) is 5.04. The first kappa shape index (κ1) is 18.9. The van der Waals surface area contributed by atoms with Crippen molar-refractivity contribution in [3.05, 3.63) is 54.6 Å². The summed E-state index contributed by atoms with van der Waals surface area (Å²) in [4.78, 5) is 14.6. The van der Waals surface area contributed by atoms with Crippen molar-refractivity contribution in [1.82, 2.24) is 4.90 Å². The van der Waals surface area contributed by atoms with Gasteiger partial charge in [0.25, 0.3) is 0 Å². The number of hydrogen-bond acceptors (Lipinski definition) is 2. The summed E-state index contributed by atoms with van der Waals surface area (Å²) in [5.74, 6) is 0.979. The third-order valence-electron chi connectivity index (χ3n) is 6.18. The van der Waals surface area contributed by atoms with E-state index in [2.05, 4.69) is 52.5 Å². The van der Waals surface area contributed by atoms with Gasteiger partial charge in [0.1, 0.15) is 0 Å². The fraction of sp³-hybridized carbons (Fsp3) is 0.522. The highest BCUT2D eigenvalue weighted by Crippen LogP contribution is 2.45. The molecule has 1 aliphatic carbocycles. The molecule has 1 amide bonds. The predicted molar refractivity (Wildman–Crippen MR) is 106 cm³/mol. The molecule has 3 rings (SSSR count). The summed E-state index contributed by atoms with van der Waals surface area (Å²) in [5.41, 5.74) is 2.02. The van der Waals surface area contributed by atoms with Crippen molar-refractivity contribution in [3.63, 3.8) is 0 Å². The van der Waals surface area contributed by atoms with Crippen LogP contribution in [0.2, 0.25) is 0 Å². The van der Waals surface area contributed by atoms with E-state index in [4.69, 9.17) is 4.74 Å². The molecule has 2 aliphatic rings. The van der Waals surface area contributed by atoms with Gasteiger partial charge in [0, 0.05) is 11.5 Å². The minimum Gasteiger partial charge on any atom is -0.351 e. The molecule has 2 fully saturated rings. The fourth-order valence-corrected chi connectivity index (χ4v) is 4.67. The highest BCUT2D eigenvalue weighted by Gasteiger charge is 2.51. The Morgan fingerprint density at radius 3 is 2.62 bits per heavy atom. The molecule has 140 valence electrons. The summed E-state index contributed by atoms with van der Waals surface area (Å²) in [6.45, 7) is 12.5. The topological polar surface area (TPSA) is 29.5 Å². The second-order valence-electron chi connectivity index (χ2n) is 8.37. The van der Waals surface area contributed by atoms with Gasteiger partial charge in [-0.2, -0.15) is 0 Å². The number of ether oxygens (including phenoxy) is 1. The van der Waals surface area contributed by atoms with E-state index in [0.717, 1.165) is 24.0 Å². The van der Waals surface area contributed by atoms with E-state index in [0.29, 0.717) is 11.8 Å². The lowest BCUT2D eigenvalue weighted by molar-refractivity contribution is -0.213. The molecule has 4 atom stereocenters. The van der Waals surface area contributed by atoms with Crippen molar-refractivity contribution in [3.8, 4) is 0 Å². The van der Waals surface area contributed by atoms with E-state index in [9.17, 15) is 4.79 Å². The van der Waals surface area contributed by atoms with Crippen LogP contribution in [-0.4, -0.2) is 28.7 Å². The van der Waals surface area contributed by atoms with Crippen LogP contribution in [-0.2, 0) is 9.53 Å². The van der Waals surface area contributed by atoms with Gasteiger partial charge in [0.15, 0.2) is 6.23 Å². The molecule has 26 heavy (non-hydrogen) atoms. The summed E-state index contributed by atoms with van der Waals surface area (Å²) < 4.78 is 6.51. The molecular weight excluding hydrogens is 322 g/mol. The van der Waals surface area contributed by atoms with Crippen molar-refractivity contribution in [2.45, 2.75) is 64.8 Å². The van der Waals surface area contributed by atoms with Crippen LogP contribution in [0, 0.1) is 11.8 Å². The Bertz CT molecular complexity index is 691. The Kier molecular flexibility index (Phi) is 5.38. The standard InChI is InChI=1S/C23H31NO2/c1-6-21(25)24-22(15-17(3)18-10-8-7-9-11-18)26-20-14-16(2)12-13-19(20)23(24,4)5/h6-11,15-16,19-20,22H,1,12-14H2,2-5H3/b17-15+/t16-,19-,20-,22+/m1/s1. The van der Waals surface area contributed by atoms with Gasteiger partial charge in [-0.3, -0.25) is 4.79 Å². The molecule has 1 saturated heterocycles. The number of fused-ring (bicyclic) bond motifs is 1. The number of nitrogens with zero attached hydrogens (tertiary/aromatic N) is 1. The Labute approximate surface area is 157 Å². The van der Waals surface area contributed by atoms with E-state index in [-0.39, 0.29) is 23.8 Å². The van der Waals surface area contributed by atoms with Crippen LogP contribution in [0.15, 0.2) is 49.1 Å². The van der Waals surface area contributed by atoms with Crippen LogP contribution in [0.1, 0.15) is 52.5 Å². The van der Waals surface area contributed by atoms with Crippen LogP contribution < -0.4 is 0 Å². The third kappa shape index (κ3) is 3.50. The summed E-state index contributed by atoms with van der Waals surface area (Å²) >= 11 is 0. The normalized spacial score (nSPS) is 31.2. The molecular formula is C23H31NO2. The van der Waals surface area contributed by atoms with Crippen molar-refractivity contribution >= 4 is 11.5 Å². The lowest BCUT2D eigenvalue weighted by atomic mass is 9.69. The van der Waals surface area contributed by atoms with E-state index >= 15 is 0 Å². The molecule has 3 nitrogen and oxygen atoms in total. The Morgan fingerprint density at radius 2 is 1.96 bits per heavy atom. The number of rotatable bonds is 3. The highest BCUT2D eigenvalue weighted by molar-refractivity contribution is 5.88. The first-order chi connectivity index (χ1) is 12.3. The number of amides is 1. The van der Waals surface area contributed by atoms with Crippen LogP contribution in [0.5, 0.6) is 0 Å². The SMILES string of the molecule is C=CC(=O)N1[C@H](/C=C(\C)c2ccccc2)O[C@@H]2C[C@H](C)CC[C@H]2C1(C)C. The molecule has 0 spiro atoms. The molecule has 0 unspecified atom stereocenters. The summed E-state index contributed by atoms with van der Waals surface area (Å²) in [7, 11) is 0. The second kappa shape index (κ2) is 7.40. The summed E-state index contributed by atoms with van der Waals surface area (Å²) in [5, 5.41) is 0. The third-order valence-corrected chi connectivity index (χ3v) is 6.18. The quantitative estimate of drug-likeness (QED) is 0.712. The van der Waals surface area contributed by atoms with Gasteiger partial charge in [0.2, 0.25) is 5.91 Å². The lowest BCUT2D eigenvalue weighted by Crippen LogP contribution is -2.65. The maximum Gasteiger partial charge on any atom is 0.248 e. The molecule has 0 bridgehead atoms.